The van der Waals surface area contributed by atoms with Crippen LogP contribution in [0, 0.1) is 0 Å². The standard InChI is InChI=1S/C25H25NO8/c1-31-19-11-14(4-6-17(19)27)22-21(24(29)25(30)26(22)13-16-3-2-8-32-16)23(28)15-5-7-18-20(12-15)34-10-9-33-18/h4-7,11-12,16,22,27-28H,2-3,8-10,13H2,1H3/t16-,22-/m1/s1. The summed E-state index contributed by atoms with van der Waals surface area (Å²) in [5.74, 6) is -0.710. The number of phenols is 1. The summed E-state index contributed by atoms with van der Waals surface area (Å²) >= 11 is 0. The van der Waals surface area contributed by atoms with Crippen molar-refractivity contribution < 1.29 is 38.7 Å². The highest BCUT2D eigenvalue weighted by atomic mass is 16.6. The fraction of sp³-hybridized carbons (Fsp3) is 0.360. The number of fused-ring (bicyclic) bond motifs is 1. The van der Waals surface area contributed by atoms with E-state index >= 15 is 0 Å². The normalized spacial score (nSPS) is 23.4. The number of aliphatic hydroxyl groups excluding tert-OH is 1. The zero-order chi connectivity index (χ0) is 23.8. The average molecular weight is 467 g/mol. The topological polar surface area (TPSA) is 115 Å². The first kappa shape index (κ1) is 22.1. The highest BCUT2D eigenvalue weighted by Gasteiger charge is 2.47. The van der Waals surface area contributed by atoms with Crippen LogP contribution in [0.25, 0.3) is 5.76 Å². The summed E-state index contributed by atoms with van der Waals surface area (Å²) < 4.78 is 22.1. The number of amides is 1. The molecule has 2 aromatic carbocycles. The first-order chi connectivity index (χ1) is 16.5. The number of carbonyl (C=O) groups is 2. The van der Waals surface area contributed by atoms with Crippen LogP contribution in [0.4, 0.5) is 0 Å². The fourth-order valence-corrected chi connectivity index (χ4v) is 4.63. The zero-order valence-electron chi connectivity index (χ0n) is 18.7. The number of ketones is 1. The van der Waals surface area contributed by atoms with Crippen molar-refractivity contribution in [3.63, 3.8) is 0 Å². The van der Waals surface area contributed by atoms with Crippen LogP contribution >= 0.6 is 0 Å². The molecule has 9 nitrogen and oxygen atoms in total. The molecule has 2 saturated heterocycles. The lowest BCUT2D eigenvalue weighted by atomic mass is 9.94. The summed E-state index contributed by atoms with van der Waals surface area (Å²) in [7, 11) is 1.41. The molecule has 2 aromatic rings. The van der Waals surface area contributed by atoms with Gasteiger partial charge in [-0.15, -0.1) is 0 Å². The second-order valence-electron chi connectivity index (χ2n) is 8.38. The third kappa shape index (κ3) is 3.81. The van der Waals surface area contributed by atoms with E-state index in [2.05, 4.69) is 0 Å². The number of likely N-dealkylation sites (tertiary alicyclic amines) is 1. The van der Waals surface area contributed by atoms with Crippen molar-refractivity contribution in [1.82, 2.24) is 4.90 Å². The highest BCUT2D eigenvalue weighted by molar-refractivity contribution is 6.46. The van der Waals surface area contributed by atoms with Crippen molar-refractivity contribution >= 4 is 17.4 Å². The van der Waals surface area contributed by atoms with Crippen LogP contribution in [0.5, 0.6) is 23.0 Å². The van der Waals surface area contributed by atoms with E-state index in [1.165, 1.54) is 18.1 Å². The Bertz CT molecular complexity index is 1170. The number of benzene rings is 2. The van der Waals surface area contributed by atoms with Crippen LogP contribution in [0.15, 0.2) is 42.0 Å². The minimum Gasteiger partial charge on any atom is -0.507 e. The van der Waals surface area contributed by atoms with E-state index in [9.17, 15) is 19.8 Å². The van der Waals surface area contributed by atoms with Gasteiger partial charge in [-0.3, -0.25) is 9.59 Å². The molecule has 3 heterocycles. The van der Waals surface area contributed by atoms with E-state index in [0.717, 1.165) is 12.8 Å². The molecule has 0 unspecified atom stereocenters. The van der Waals surface area contributed by atoms with E-state index in [1.807, 2.05) is 0 Å². The Morgan fingerprint density at radius 3 is 2.62 bits per heavy atom. The quantitative estimate of drug-likeness (QED) is 0.392. The van der Waals surface area contributed by atoms with Crippen LogP contribution in [-0.2, 0) is 14.3 Å². The number of carbonyl (C=O) groups excluding carboxylic acids is 2. The molecule has 3 aliphatic rings. The SMILES string of the molecule is COc1cc([C@@H]2C(=C(O)c3ccc4c(c3)OCCO4)C(=O)C(=O)N2C[C@H]2CCCO2)ccc1O. The Balaban J connectivity index is 1.62. The second kappa shape index (κ2) is 8.90. The Hall–Kier alpha value is -3.72. The summed E-state index contributed by atoms with van der Waals surface area (Å²) in [6.45, 7) is 1.60. The third-order valence-electron chi connectivity index (χ3n) is 6.30. The predicted molar refractivity (Wildman–Crippen MR) is 120 cm³/mol. The Morgan fingerprint density at radius 1 is 1.09 bits per heavy atom. The molecule has 5 rings (SSSR count). The highest BCUT2D eigenvalue weighted by Crippen LogP contribution is 2.43. The van der Waals surface area contributed by atoms with Crippen LogP contribution in [0.2, 0.25) is 0 Å². The molecular formula is C25H25NO8. The smallest absolute Gasteiger partial charge is 0.295 e. The van der Waals surface area contributed by atoms with Gasteiger partial charge in [0.15, 0.2) is 23.0 Å². The summed E-state index contributed by atoms with van der Waals surface area (Å²) in [6, 6.07) is 8.58. The van der Waals surface area contributed by atoms with Crippen molar-refractivity contribution in [3.05, 3.63) is 53.1 Å². The lowest BCUT2D eigenvalue weighted by molar-refractivity contribution is -0.140. The molecule has 0 aliphatic carbocycles. The summed E-state index contributed by atoms with van der Waals surface area (Å²) in [6.07, 6.45) is 1.45. The van der Waals surface area contributed by atoms with Gasteiger partial charge in [0.1, 0.15) is 19.0 Å². The molecule has 0 spiro atoms. The van der Waals surface area contributed by atoms with Gasteiger partial charge in [0.25, 0.3) is 11.7 Å². The molecule has 34 heavy (non-hydrogen) atoms. The minimum absolute atomic E-state index is 0.0487. The Morgan fingerprint density at radius 2 is 1.88 bits per heavy atom. The van der Waals surface area contributed by atoms with Gasteiger partial charge in [-0.1, -0.05) is 6.07 Å². The number of hydrogen-bond donors (Lipinski definition) is 2. The van der Waals surface area contributed by atoms with Crippen LogP contribution < -0.4 is 14.2 Å². The molecule has 9 heteroatoms. The number of methoxy groups -OCH3 is 1. The maximum atomic E-state index is 13.2. The summed E-state index contributed by atoms with van der Waals surface area (Å²) in [4.78, 5) is 27.8. The van der Waals surface area contributed by atoms with E-state index in [0.29, 0.717) is 42.4 Å². The van der Waals surface area contributed by atoms with Gasteiger partial charge in [0.2, 0.25) is 0 Å². The van der Waals surface area contributed by atoms with Crippen LogP contribution in [0.1, 0.15) is 30.0 Å². The number of hydrogen-bond acceptors (Lipinski definition) is 8. The van der Waals surface area contributed by atoms with Crippen molar-refractivity contribution in [2.45, 2.75) is 25.0 Å². The number of phenolic OH excluding ortho intramolecular Hbond substituents is 1. The van der Waals surface area contributed by atoms with Crippen molar-refractivity contribution in [2.75, 3.05) is 33.5 Å². The monoisotopic (exact) mass is 467 g/mol. The lowest BCUT2D eigenvalue weighted by Gasteiger charge is -2.28. The van der Waals surface area contributed by atoms with Crippen molar-refractivity contribution in [1.29, 1.82) is 0 Å². The van der Waals surface area contributed by atoms with Crippen LogP contribution in [0.3, 0.4) is 0 Å². The number of ether oxygens (including phenoxy) is 4. The molecule has 0 saturated carbocycles. The molecule has 0 aromatic heterocycles. The van der Waals surface area contributed by atoms with E-state index in [1.54, 1.807) is 30.3 Å². The number of rotatable bonds is 5. The molecule has 3 aliphatic heterocycles. The number of aliphatic hydroxyl groups is 1. The van der Waals surface area contributed by atoms with Gasteiger partial charge in [-0.25, -0.2) is 0 Å². The molecule has 0 radical (unpaired) electrons. The van der Waals surface area contributed by atoms with Gasteiger partial charge in [-0.05, 0) is 48.7 Å². The Kier molecular flexibility index (Phi) is 5.79. The van der Waals surface area contributed by atoms with Gasteiger partial charge < -0.3 is 34.1 Å². The summed E-state index contributed by atoms with van der Waals surface area (Å²) in [5.41, 5.74) is 0.800. The van der Waals surface area contributed by atoms with E-state index in [4.69, 9.17) is 18.9 Å². The lowest BCUT2D eigenvalue weighted by Crippen LogP contribution is -2.36. The Labute approximate surface area is 196 Å². The van der Waals surface area contributed by atoms with Gasteiger partial charge in [0, 0.05) is 18.7 Å². The van der Waals surface area contributed by atoms with E-state index < -0.39 is 17.7 Å². The molecular weight excluding hydrogens is 442 g/mol. The minimum atomic E-state index is -0.882. The van der Waals surface area contributed by atoms with Gasteiger partial charge in [-0.2, -0.15) is 0 Å². The molecule has 2 fully saturated rings. The van der Waals surface area contributed by atoms with Crippen LogP contribution in [-0.4, -0.2) is 66.4 Å². The number of nitrogens with zero attached hydrogens (tertiary/aromatic N) is 1. The maximum absolute atomic E-state index is 13.2. The molecule has 178 valence electrons. The number of aromatic hydroxyl groups is 1. The summed E-state index contributed by atoms with van der Waals surface area (Å²) in [5, 5.41) is 21.3. The third-order valence-corrected chi connectivity index (χ3v) is 6.30. The van der Waals surface area contributed by atoms with Gasteiger partial charge in [0.05, 0.1) is 24.8 Å². The van der Waals surface area contributed by atoms with E-state index in [-0.39, 0.29) is 35.5 Å². The fourth-order valence-electron chi connectivity index (χ4n) is 4.63. The first-order valence-corrected chi connectivity index (χ1v) is 11.1. The van der Waals surface area contributed by atoms with Crippen molar-refractivity contribution in [2.24, 2.45) is 0 Å². The average Bonchev–Trinajstić information content (AvgIpc) is 3.46. The molecule has 2 atom stereocenters. The van der Waals surface area contributed by atoms with Gasteiger partial charge >= 0.3 is 0 Å². The van der Waals surface area contributed by atoms with Crippen molar-refractivity contribution in [3.8, 4) is 23.0 Å². The predicted octanol–water partition coefficient (Wildman–Crippen LogP) is 2.77. The molecule has 2 N–H and O–H groups in total. The zero-order valence-corrected chi connectivity index (χ0v) is 18.7. The molecule has 1 amide bonds. The second-order valence-corrected chi connectivity index (χ2v) is 8.38. The maximum Gasteiger partial charge on any atom is 0.295 e. The largest absolute Gasteiger partial charge is 0.507 e. The molecule has 0 bridgehead atoms. The first-order valence-electron chi connectivity index (χ1n) is 11.1. The number of Topliss-reactive ketones (excluding diaryl/α,β-unsaturated/α-hetero) is 1.